The Morgan fingerprint density at radius 1 is 0.370 bits per heavy atom. The highest BCUT2D eigenvalue weighted by atomic mass is 16.3. The average molecular weight is 691 g/mol. The lowest BCUT2D eigenvalue weighted by Gasteiger charge is -2.15. The van der Waals surface area contributed by atoms with Gasteiger partial charge in [-0.25, -0.2) is 15.0 Å². The molecule has 0 N–H and O–H groups in total. The number of nitrogens with zero attached hydrogens (tertiary/aromatic N) is 4. The predicted molar refractivity (Wildman–Crippen MR) is 221 cm³/mol. The van der Waals surface area contributed by atoms with Crippen molar-refractivity contribution in [3.8, 4) is 51.0 Å². The molecule has 0 aliphatic carbocycles. The number of hydrogen-bond acceptors (Lipinski definition) is 4. The molecule has 0 aliphatic heterocycles. The number of rotatable bonds is 5. The summed E-state index contributed by atoms with van der Waals surface area (Å²) < 4.78 is 8.67. The van der Waals surface area contributed by atoms with Crippen LogP contribution in [0.1, 0.15) is 0 Å². The van der Waals surface area contributed by atoms with Crippen molar-refractivity contribution in [3.63, 3.8) is 0 Å². The molecule has 0 atom stereocenters. The first-order valence-corrected chi connectivity index (χ1v) is 18.1. The Labute approximate surface area is 310 Å². The molecule has 54 heavy (non-hydrogen) atoms. The zero-order valence-corrected chi connectivity index (χ0v) is 29.0. The van der Waals surface area contributed by atoms with Crippen molar-refractivity contribution in [1.29, 1.82) is 0 Å². The maximum atomic E-state index is 6.27. The third-order valence-electron chi connectivity index (χ3n) is 10.4. The molecule has 0 unspecified atom stereocenters. The summed E-state index contributed by atoms with van der Waals surface area (Å²) in [6.45, 7) is 0. The van der Waals surface area contributed by atoms with Gasteiger partial charge in [0.05, 0.1) is 11.0 Å². The first-order chi connectivity index (χ1) is 26.8. The number of aromatic nitrogens is 4. The highest BCUT2D eigenvalue weighted by Gasteiger charge is 2.21. The fourth-order valence-corrected chi connectivity index (χ4v) is 7.95. The topological polar surface area (TPSA) is 56.7 Å². The van der Waals surface area contributed by atoms with Crippen LogP contribution in [0.4, 0.5) is 0 Å². The van der Waals surface area contributed by atoms with Gasteiger partial charge < -0.3 is 8.98 Å². The van der Waals surface area contributed by atoms with Crippen LogP contribution in [0.3, 0.4) is 0 Å². The number of furan rings is 1. The third-order valence-corrected chi connectivity index (χ3v) is 10.4. The van der Waals surface area contributed by atoms with Crippen LogP contribution in [0, 0.1) is 0 Å². The molecule has 0 saturated heterocycles. The number of fused-ring (bicyclic) bond motifs is 7. The first-order valence-electron chi connectivity index (χ1n) is 18.1. The number of benzene rings is 8. The highest BCUT2D eigenvalue weighted by molar-refractivity contribution is 6.22. The smallest absolute Gasteiger partial charge is 0.164 e. The second-order valence-electron chi connectivity index (χ2n) is 13.6. The molecule has 5 heteroatoms. The van der Waals surface area contributed by atoms with Crippen molar-refractivity contribution in [2.24, 2.45) is 0 Å². The lowest BCUT2D eigenvalue weighted by molar-refractivity contribution is 0.669. The van der Waals surface area contributed by atoms with Crippen LogP contribution >= 0.6 is 0 Å². The molecule has 0 saturated carbocycles. The molecule has 0 amide bonds. The van der Waals surface area contributed by atoms with Crippen molar-refractivity contribution in [1.82, 2.24) is 19.5 Å². The minimum atomic E-state index is 0.619. The van der Waals surface area contributed by atoms with Gasteiger partial charge in [0.1, 0.15) is 11.2 Å². The Balaban J connectivity index is 1.19. The van der Waals surface area contributed by atoms with E-state index in [1.807, 2.05) is 72.8 Å². The van der Waals surface area contributed by atoms with Gasteiger partial charge in [-0.15, -0.1) is 0 Å². The van der Waals surface area contributed by atoms with Gasteiger partial charge in [0.25, 0.3) is 0 Å². The molecule has 0 bridgehead atoms. The van der Waals surface area contributed by atoms with Crippen molar-refractivity contribution >= 4 is 54.5 Å². The fourth-order valence-electron chi connectivity index (χ4n) is 7.95. The summed E-state index contributed by atoms with van der Waals surface area (Å²) in [6.07, 6.45) is 0. The van der Waals surface area contributed by atoms with Crippen molar-refractivity contribution in [3.05, 3.63) is 182 Å². The Morgan fingerprint density at radius 2 is 0.963 bits per heavy atom. The molecule has 0 spiro atoms. The Hall–Kier alpha value is -7.37. The monoisotopic (exact) mass is 690 g/mol. The number of para-hydroxylation sites is 2. The van der Waals surface area contributed by atoms with Crippen LogP contribution in [-0.2, 0) is 0 Å². The van der Waals surface area contributed by atoms with E-state index < -0.39 is 0 Å². The van der Waals surface area contributed by atoms with Gasteiger partial charge in [-0.2, -0.15) is 0 Å². The standard InChI is InChI=1S/C49H30N4O/c1-3-14-31(15-4-1)47-50-48(32-16-5-2-6-17-32)52-49(51-47)35-19-13-20-36(28-35)53-42-24-11-9-22-38(42)41-29-33-18-7-8-21-37(33)45(46(41)53)34-26-27-44-40(30-34)39-23-10-12-25-43(39)54-44/h1-30H. The van der Waals surface area contributed by atoms with E-state index in [1.54, 1.807) is 0 Å². The normalized spacial score (nSPS) is 11.7. The molecule has 0 aliphatic rings. The van der Waals surface area contributed by atoms with Crippen molar-refractivity contribution in [2.75, 3.05) is 0 Å². The average Bonchev–Trinajstić information content (AvgIpc) is 3.78. The third kappa shape index (κ3) is 4.83. The summed E-state index contributed by atoms with van der Waals surface area (Å²) in [7, 11) is 0. The molecule has 11 rings (SSSR count). The van der Waals surface area contributed by atoms with Crippen LogP contribution in [0.25, 0.3) is 105 Å². The SMILES string of the molecule is c1ccc(-c2nc(-c3ccccc3)nc(-c3cccc(-n4c5ccccc5c5cc6ccccc6c(-c6ccc7oc8ccccc8c7c6)c54)c3)n2)cc1. The Kier molecular flexibility index (Phi) is 6.79. The van der Waals surface area contributed by atoms with Gasteiger partial charge in [0.15, 0.2) is 17.5 Å². The largest absolute Gasteiger partial charge is 0.456 e. The maximum Gasteiger partial charge on any atom is 0.164 e. The van der Waals surface area contributed by atoms with Crippen LogP contribution < -0.4 is 0 Å². The molecular formula is C49H30N4O. The molecule has 3 aromatic heterocycles. The van der Waals surface area contributed by atoms with Gasteiger partial charge in [-0.3, -0.25) is 0 Å². The second kappa shape index (κ2) is 12.1. The van der Waals surface area contributed by atoms with E-state index >= 15 is 0 Å². The highest BCUT2D eigenvalue weighted by Crippen LogP contribution is 2.44. The van der Waals surface area contributed by atoms with Crippen molar-refractivity contribution < 1.29 is 4.42 Å². The van der Waals surface area contributed by atoms with E-state index in [1.165, 1.54) is 27.1 Å². The van der Waals surface area contributed by atoms with Crippen LogP contribution in [-0.4, -0.2) is 19.5 Å². The van der Waals surface area contributed by atoms with Gasteiger partial charge >= 0.3 is 0 Å². The first kappa shape index (κ1) is 30.3. The van der Waals surface area contributed by atoms with Crippen LogP contribution in [0.15, 0.2) is 186 Å². The Bertz CT molecular complexity index is 3160. The molecule has 0 radical (unpaired) electrons. The van der Waals surface area contributed by atoms with Crippen LogP contribution in [0.5, 0.6) is 0 Å². The quantitative estimate of drug-likeness (QED) is 0.180. The second-order valence-corrected chi connectivity index (χ2v) is 13.6. The molecule has 11 aromatic rings. The molecule has 8 aromatic carbocycles. The number of hydrogen-bond donors (Lipinski definition) is 0. The summed E-state index contributed by atoms with van der Waals surface area (Å²) in [6, 6.07) is 63.4. The van der Waals surface area contributed by atoms with Crippen molar-refractivity contribution in [2.45, 2.75) is 0 Å². The maximum absolute atomic E-state index is 6.27. The minimum absolute atomic E-state index is 0.619. The van der Waals surface area contributed by atoms with E-state index in [0.29, 0.717) is 17.5 Å². The summed E-state index contributed by atoms with van der Waals surface area (Å²) in [5.74, 6) is 1.89. The zero-order valence-electron chi connectivity index (χ0n) is 29.0. The molecule has 3 heterocycles. The van der Waals surface area contributed by atoms with Gasteiger partial charge in [0.2, 0.25) is 0 Å². The minimum Gasteiger partial charge on any atom is -0.456 e. The van der Waals surface area contributed by atoms with E-state index in [9.17, 15) is 0 Å². The van der Waals surface area contributed by atoms with Gasteiger partial charge in [-0.05, 0) is 58.8 Å². The van der Waals surface area contributed by atoms with Gasteiger partial charge in [-0.1, -0.05) is 140 Å². The molecule has 0 fully saturated rings. The lowest BCUT2D eigenvalue weighted by Crippen LogP contribution is -2.01. The Morgan fingerprint density at radius 3 is 1.72 bits per heavy atom. The van der Waals surface area contributed by atoms with E-state index in [-0.39, 0.29) is 0 Å². The van der Waals surface area contributed by atoms with Crippen LogP contribution in [0.2, 0.25) is 0 Å². The molecular weight excluding hydrogens is 661 g/mol. The fraction of sp³-hybridized carbons (Fsp3) is 0. The summed E-state index contributed by atoms with van der Waals surface area (Å²) in [4.78, 5) is 15.1. The predicted octanol–water partition coefficient (Wildman–Crippen LogP) is 12.7. The van der Waals surface area contributed by atoms with E-state index in [2.05, 4.69) is 114 Å². The molecule has 5 nitrogen and oxygen atoms in total. The van der Waals surface area contributed by atoms with E-state index in [4.69, 9.17) is 19.4 Å². The van der Waals surface area contributed by atoms with E-state index in [0.717, 1.165) is 60.9 Å². The molecule has 252 valence electrons. The van der Waals surface area contributed by atoms with Gasteiger partial charge in [0, 0.05) is 49.5 Å². The lowest BCUT2D eigenvalue weighted by atomic mass is 9.94. The summed E-state index contributed by atoms with van der Waals surface area (Å²) >= 11 is 0. The summed E-state index contributed by atoms with van der Waals surface area (Å²) in [5.41, 5.74) is 10.2. The zero-order chi connectivity index (χ0) is 35.6. The summed E-state index contributed by atoms with van der Waals surface area (Å²) in [5, 5.41) is 6.99.